The van der Waals surface area contributed by atoms with Crippen LogP contribution in [0, 0.1) is 5.92 Å². The maximum atomic E-state index is 12.4. The second-order valence-electron chi connectivity index (χ2n) is 5.28. The molecular formula is C15H26N2O3. The molecule has 1 rings (SSSR count). The van der Waals surface area contributed by atoms with Crippen LogP contribution in [0.5, 0.6) is 0 Å². The minimum Gasteiger partial charge on any atom is -0.389 e. The summed E-state index contributed by atoms with van der Waals surface area (Å²) in [7, 11) is 0. The third-order valence-electron chi connectivity index (χ3n) is 3.38. The fourth-order valence-corrected chi connectivity index (χ4v) is 2.19. The van der Waals surface area contributed by atoms with Gasteiger partial charge in [0.15, 0.2) is 0 Å². The van der Waals surface area contributed by atoms with Crippen LogP contribution in [0.25, 0.3) is 0 Å². The highest BCUT2D eigenvalue weighted by Gasteiger charge is 2.29. The van der Waals surface area contributed by atoms with Crippen molar-refractivity contribution in [3.63, 3.8) is 0 Å². The summed E-state index contributed by atoms with van der Waals surface area (Å²) in [6, 6.07) is 0. The quantitative estimate of drug-likeness (QED) is 0.417. The van der Waals surface area contributed by atoms with Crippen LogP contribution in [0.3, 0.4) is 0 Å². The number of hydrogen-bond donors (Lipinski definition) is 2. The summed E-state index contributed by atoms with van der Waals surface area (Å²) < 4.78 is 0. The number of aliphatic hydroxyl groups excluding tert-OH is 1. The zero-order chi connectivity index (χ0) is 15.0. The predicted molar refractivity (Wildman–Crippen MR) is 78.0 cm³/mol. The lowest BCUT2D eigenvalue weighted by Gasteiger charge is -2.20. The summed E-state index contributed by atoms with van der Waals surface area (Å²) in [6.45, 7) is 5.68. The summed E-state index contributed by atoms with van der Waals surface area (Å²) in [5.41, 5.74) is 0. The molecule has 0 aromatic carbocycles. The van der Waals surface area contributed by atoms with Crippen LogP contribution in [0.1, 0.15) is 39.5 Å². The normalized spacial score (nSPS) is 18.2. The van der Waals surface area contributed by atoms with E-state index in [1.807, 2.05) is 6.92 Å². The van der Waals surface area contributed by atoms with Crippen molar-refractivity contribution < 1.29 is 14.7 Å². The fourth-order valence-electron chi connectivity index (χ4n) is 2.19. The second kappa shape index (κ2) is 8.74. The van der Waals surface area contributed by atoms with E-state index < -0.39 is 12.0 Å². The molecule has 0 aromatic rings. The average Bonchev–Trinajstić information content (AvgIpc) is 2.92. The van der Waals surface area contributed by atoms with Crippen LogP contribution in [0.2, 0.25) is 0 Å². The maximum Gasteiger partial charge on any atom is 0.239 e. The third-order valence-corrected chi connectivity index (χ3v) is 3.38. The molecule has 0 bridgehead atoms. The molecule has 0 radical (unpaired) electrons. The van der Waals surface area contributed by atoms with E-state index in [-0.39, 0.29) is 11.8 Å². The van der Waals surface area contributed by atoms with Crippen molar-refractivity contribution in [3.05, 3.63) is 12.2 Å². The van der Waals surface area contributed by atoms with Gasteiger partial charge < -0.3 is 15.3 Å². The highest BCUT2D eigenvalue weighted by Crippen LogP contribution is 2.14. The number of hydrogen-bond acceptors (Lipinski definition) is 3. The Morgan fingerprint density at radius 3 is 2.50 bits per heavy atom. The molecule has 1 heterocycles. The van der Waals surface area contributed by atoms with Crippen molar-refractivity contribution in [2.45, 2.75) is 45.6 Å². The molecule has 1 aliphatic heterocycles. The molecular weight excluding hydrogens is 256 g/mol. The van der Waals surface area contributed by atoms with Crippen LogP contribution in [0.15, 0.2) is 12.2 Å². The molecule has 2 atom stereocenters. The highest BCUT2D eigenvalue weighted by molar-refractivity contribution is 6.02. The predicted octanol–water partition coefficient (Wildman–Crippen LogP) is 1.08. The Morgan fingerprint density at radius 1 is 1.30 bits per heavy atom. The van der Waals surface area contributed by atoms with Crippen molar-refractivity contribution in [1.82, 2.24) is 10.2 Å². The van der Waals surface area contributed by atoms with E-state index in [4.69, 9.17) is 0 Å². The van der Waals surface area contributed by atoms with Crippen LogP contribution in [0.4, 0.5) is 0 Å². The first-order chi connectivity index (χ1) is 9.56. The number of carbonyl (C=O) groups excluding carboxylic acids is 2. The third kappa shape index (κ3) is 5.33. The van der Waals surface area contributed by atoms with E-state index in [1.165, 1.54) is 12.2 Å². The number of unbranched alkanes of at least 4 members (excludes halogenated alkanes) is 1. The van der Waals surface area contributed by atoms with Gasteiger partial charge in [-0.15, -0.1) is 0 Å². The van der Waals surface area contributed by atoms with E-state index in [1.54, 1.807) is 11.8 Å². The van der Waals surface area contributed by atoms with Gasteiger partial charge in [-0.2, -0.15) is 0 Å². The molecule has 0 unspecified atom stereocenters. The molecule has 1 aliphatic rings. The van der Waals surface area contributed by atoms with Crippen LogP contribution >= 0.6 is 0 Å². The second-order valence-corrected chi connectivity index (χ2v) is 5.28. The lowest BCUT2D eigenvalue weighted by molar-refractivity contribution is -0.139. The van der Waals surface area contributed by atoms with Crippen molar-refractivity contribution in [2.75, 3.05) is 19.6 Å². The zero-order valence-corrected chi connectivity index (χ0v) is 12.5. The monoisotopic (exact) mass is 282 g/mol. The van der Waals surface area contributed by atoms with Crippen molar-refractivity contribution >= 4 is 11.8 Å². The van der Waals surface area contributed by atoms with E-state index >= 15 is 0 Å². The minimum absolute atomic E-state index is 0.159. The summed E-state index contributed by atoms with van der Waals surface area (Å²) in [4.78, 5) is 26.2. The molecule has 1 fully saturated rings. The summed E-state index contributed by atoms with van der Waals surface area (Å²) in [5, 5.41) is 12.1. The van der Waals surface area contributed by atoms with Gasteiger partial charge in [0, 0.05) is 19.6 Å². The minimum atomic E-state index is -0.820. The molecule has 0 saturated carbocycles. The number of rotatable bonds is 7. The molecule has 5 heteroatoms. The zero-order valence-electron chi connectivity index (χ0n) is 12.5. The first-order valence-corrected chi connectivity index (χ1v) is 7.49. The van der Waals surface area contributed by atoms with E-state index in [0.29, 0.717) is 6.54 Å². The van der Waals surface area contributed by atoms with Crippen molar-refractivity contribution in [1.29, 1.82) is 0 Å². The van der Waals surface area contributed by atoms with Gasteiger partial charge in [0.2, 0.25) is 11.8 Å². The summed E-state index contributed by atoms with van der Waals surface area (Å²) in [6.07, 6.45) is 6.24. The van der Waals surface area contributed by atoms with Gasteiger partial charge in [-0.1, -0.05) is 25.5 Å². The standard InChI is InChI=1S/C15H26N2O3/c1-3-4-9-16-14(19)13(8-7-12(2)18)15(20)17-10-5-6-11-17/h7-8,12-13,18H,3-6,9-11H2,1-2H3,(H,16,19)/b8-7+/t12-,13-/m0/s1. The van der Waals surface area contributed by atoms with Gasteiger partial charge in [0.25, 0.3) is 0 Å². The topological polar surface area (TPSA) is 69.6 Å². The Balaban J connectivity index is 2.67. The Labute approximate surface area is 121 Å². The molecule has 0 spiro atoms. The van der Waals surface area contributed by atoms with Crippen LogP contribution < -0.4 is 5.32 Å². The number of nitrogens with zero attached hydrogens (tertiary/aromatic N) is 1. The Hall–Kier alpha value is -1.36. The molecule has 5 nitrogen and oxygen atoms in total. The van der Waals surface area contributed by atoms with Gasteiger partial charge in [-0.3, -0.25) is 9.59 Å². The van der Waals surface area contributed by atoms with E-state index in [9.17, 15) is 14.7 Å². The summed E-state index contributed by atoms with van der Waals surface area (Å²) >= 11 is 0. The number of likely N-dealkylation sites (tertiary alicyclic amines) is 1. The van der Waals surface area contributed by atoms with Gasteiger partial charge in [-0.25, -0.2) is 0 Å². The lowest BCUT2D eigenvalue weighted by Crippen LogP contribution is -2.42. The van der Waals surface area contributed by atoms with Crippen molar-refractivity contribution in [3.8, 4) is 0 Å². The molecule has 20 heavy (non-hydrogen) atoms. The highest BCUT2D eigenvalue weighted by atomic mass is 16.3. The molecule has 114 valence electrons. The number of aliphatic hydroxyl groups is 1. The fraction of sp³-hybridized carbons (Fsp3) is 0.733. The lowest BCUT2D eigenvalue weighted by atomic mass is 10.1. The largest absolute Gasteiger partial charge is 0.389 e. The van der Waals surface area contributed by atoms with Gasteiger partial charge in [0.05, 0.1) is 6.10 Å². The number of amides is 2. The average molecular weight is 282 g/mol. The Bertz CT molecular complexity index is 347. The molecule has 0 aliphatic carbocycles. The summed E-state index contributed by atoms with van der Waals surface area (Å²) in [5.74, 6) is -1.25. The van der Waals surface area contributed by atoms with E-state index in [2.05, 4.69) is 5.32 Å². The Kier molecular flexibility index (Phi) is 7.30. The molecule has 1 saturated heterocycles. The van der Waals surface area contributed by atoms with Crippen LogP contribution in [-0.2, 0) is 9.59 Å². The smallest absolute Gasteiger partial charge is 0.239 e. The Morgan fingerprint density at radius 2 is 1.95 bits per heavy atom. The van der Waals surface area contributed by atoms with Gasteiger partial charge in [-0.05, 0) is 26.2 Å². The number of carbonyl (C=O) groups is 2. The number of nitrogens with one attached hydrogen (secondary N) is 1. The SMILES string of the molecule is CCCCNC(=O)[C@H](/C=C/[C@H](C)O)C(=O)N1CCCC1. The molecule has 2 amide bonds. The van der Waals surface area contributed by atoms with E-state index in [0.717, 1.165) is 38.8 Å². The van der Waals surface area contributed by atoms with Crippen molar-refractivity contribution in [2.24, 2.45) is 5.92 Å². The first-order valence-electron chi connectivity index (χ1n) is 7.49. The van der Waals surface area contributed by atoms with Gasteiger partial charge >= 0.3 is 0 Å². The maximum absolute atomic E-state index is 12.4. The molecule has 2 N–H and O–H groups in total. The first kappa shape index (κ1) is 16.7. The van der Waals surface area contributed by atoms with Crippen LogP contribution in [-0.4, -0.2) is 47.6 Å². The van der Waals surface area contributed by atoms with Gasteiger partial charge in [0.1, 0.15) is 5.92 Å². The molecule has 0 aromatic heterocycles.